The van der Waals surface area contributed by atoms with E-state index in [9.17, 15) is 4.39 Å². The normalized spacial score (nSPS) is 19.0. The molecule has 1 unspecified atom stereocenters. The fourth-order valence-corrected chi connectivity index (χ4v) is 4.78. The van der Waals surface area contributed by atoms with Crippen molar-refractivity contribution in [1.82, 2.24) is 24.8 Å². The number of hydrogen-bond acceptors (Lipinski definition) is 7. The van der Waals surface area contributed by atoms with E-state index in [1.165, 1.54) is 12.1 Å². The summed E-state index contributed by atoms with van der Waals surface area (Å²) in [5, 5.41) is 17.8. The van der Waals surface area contributed by atoms with Crippen molar-refractivity contribution < 1.29 is 14.2 Å². The second-order valence-electron chi connectivity index (χ2n) is 9.17. The van der Waals surface area contributed by atoms with Gasteiger partial charge in [0.15, 0.2) is 0 Å². The summed E-state index contributed by atoms with van der Waals surface area (Å²) in [4.78, 5) is 19.0. The highest BCUT2D eigenvalue weighted by Crippen LogP contribution is 2.26. The number of piperazine rings is 1. The van der Waals surface area contributed by atoms with Crippen LogP contribution in [0.4, 0.5) is 10.2 Å². The maximum absolute atomic E-state index is 13.8. The Labute approximate surface area is 215 Å². The number of nitrogens with one attached hydrogen (secondary N) is 2. The minimum atomic E-state index is -0.296. The van der Waals surface area contributed by atoms with Crippen LogP contribution in [0.5, 0.6) is 0 Å². The number of hydrogen-bond donors (Lipinski definition) is 3. The molecule has 0 amide bonds. The van der Waals surface area contributed by atoms with Crippen LogP contribution >= 0.6 is 0 Å². The van der Waals surface area contributed by atoms with Gasteiger partial charge in [-0.1, -0.05) is 18.2 Å². The number of amidine groups is 1. The van der Waals surface area contributed by atoms with Gasteiger partial charge in [0.2, 0.25) is 0 Å². The summed E-state index contributed by atoms with van der Waals surface area (Å²) in [6.07, 6.45) is 5.23. The molecule has 10 heteroatoms. The number of aliphatic hydroxyl groups is 1. The minimum absolute atomic E-state index is 0.184. The minimum Gasteiger partial charge on any atom is -0.395 e. The van der Waals surface area contributed by atoms with Crippen molar-refractivity contribution in [2.75, 3.05) is 64.0 Å². The molecule has 0 saturated carbocycles. The number of halogens is 1. The molecule has 0 bridgehead atoms. The molecule has 5 rings (SSSR count). The maximum atomic E-state index is 13.8. The summed E-state index contributed by atoms with van der Waals surface area (Å²) < 4.78 is 19.4. The number of benzene rings is 1. The van der Waals surface area contributed by atoms with Crippen LogP contribution in [0.3, 0.4) is 0 Å². The van der Waals surface area contributed by atoms with E-state index in [1.54, 1.807) is 24.4 Å². The van der Waals surface area contributed by atoms with Crippen molar-refractivity contribution >= 4 is 17.7 Å². The van der Waals surface area contributed by atoms with Crippen LogP contribution in [-0.4, -0.2) is 94.8 Å². The molecule has 3 N–H and O–H groups in total. The average molecular weight is 506 g/mol. The Morgan fingerprint density at radius 2 is 2.00 bits per heavy atom. The summed E-state index contributed by atoms with van der Waals surface area (Å²) >= 11 is 0. The molecule has 0 aliphatic carbocycles. The highest BCUT2D eigenvalue weighted by Gasteiger charge is 2.26. The van der Waals surface area contributed by atoms with Crippen LogP contribution in [0, 0.1) is 11.2 Å². The van der Waals surface area contributed by atoms with Crippen molar-refractivity contribution in [1.29, 1.82) is 5.41 Å². The number of pyridine rings is 1. The van der Waals surface area contributed by atoms with Gasteiger partial charge in [-0.25, -0.2) is 14.4 Å². The molecule has 2 fully saturated rings. The molecule has 1 atom stereocenters. The average Bonchev–Trinajstić information content (AvgIpc) is 3.42. The second-order valence-corrected chi connectivity index (χ2v) is 9.17. The molecule has 2 aliphatic rings. The van der Waals surface area contributed by atoms with Gasteiger partial charge < -0.3 is 24.6 Å². The lowest BCUT2D eigenvalue weighted by Gasteiger charge is -2.36. The molecule has 37 heavy (non-hydrogen) atoms. The van der Waals surface area contributed by atoms with Gasteiger partial charge >= 0.3 is 0 Å². The zero-order valence-electron chi connectivity index (χ0n) is 20.7. The fraction of sp³-hybridized carbons (Fsp3) is 0.370. The number of ether oxygens (including phenoxy) is 1. The zero-order chi connectivity index (χ0) is 25.6. The lowest BCUT2D eigenvalue weighted by atomic mass is 10.0. The van der Waals surface area contributed by atoms with Crippen molar-refractivity contribution in [3.63, 3.8) is 0 Å². The zero-order valence-corrected chi connectivity index (χ0v) is 20.7. The van der Waals surface area contributed by atoms with Crippen molar-refractivity contribution in [2.45, 2.75) is 6.04 Å². The third-order valence-electron chi connectivity index (χ3n) is 6.79. The number of β-amino-alcohol motifs (C(OH)–C–C–N with tert-alkyl or cyclic N) is 1. The highest BCUT2D eigenvalue weighted by atomic mass is 19.1. The Kier molecular flexibility index (Phi) is 7.88. The molecule has 2 aliphatic heterocycles. The lowest BCUT2D eigenvalue weighted by Crippen LogP contribution is -2.47. The van der Waals surface area contributed by atoms with Crippen LogP contribution in [0.2, 0.25) is 0 Å². The van der Waals surface area contributed by atoms with Gasteiger partial charge in [-0.3, -0.25) is 10.3 Å². The second kappa shape index (κ2) is 11.6. The SMILES string of the molecule is N=C(/C=C\c1ncc(-c2cccc(N3CCN(CCO)CC3)n2)[nH]1)N1CCOCC1c1cccc(F)c1. The molecule has 2 aromatic heterocycles. The van der Waals surface area contributed by atoms with Crippen LogP contribution in [-0.2, 0) is 4.74 Å². The number of anilines is 1. The van der Waals surface area contributed by atoms with Crippen LogP contribution in [0.1, 0.15) is 17.4 Å². The van der Waals surface area contributed by atoms with Gasteiger partial charge in [-0.15, -0.1) is 0 Å². The Bertz CT molecular complexity index is 1240. The van der Waals surface area contributed by atoms with E-state index in [1.807, 2.05) is 29.2 Å². The van der Waals surface area contributed by atoms with Gasteiger partial charge in [0.1, 0.15) is 23.3 Å². The highest BCUT2D eigenvalue weighted by molar-refractivity contribution is 5.94. The first kappa shape index (κ1) is 25.1. The Hall–Kier alpha value is -3.60. The number of aliphatic hydroxyl groups excluding tert-OH is 1. The largest absolute Gasteiger partial charge is 0.395 e. The number of aromatic amines is 1. The topological polar surface area (TPSA) is 105 Å². The van der Waals surface area contributed by atoms with Crippen molar-refractivity contribution in [2.24, 2.45) is 0 Å². The lowest BCUT2D eigenvalue weighted by molar-refractivity contribution is 0.0258. The van der Waals surface area contributed by atoms with E-state index in [0.29, 0.717) is 38.0 Å². The molecular formula is C27H32FN7O2. The smallest absolute Gasteiger partial charge is 0.130 e. The van der Waals surface area contributed by atoms with Gasteiger partial charge in [-0.2, -0.15) is 0 Å². The molecule has 3 aromatic rings. The molecule has 0 spiro atoms. The number of nitrogens with zero attached hydrogens (tertiary/aromatic N) is 5. The van der Waals surface area contributed by atoms with Gasteiger partial charge in [0, 0.05) is 39.3 Å². The van der Waals surface area contributed by atoms with Crippen molar-refractivity contribution in [3.05, 3.63) is 71.9 Å². The Balaban J connectivity index is 1.25. The van der Waals surface area contributed by atoms with E-state index >= 15 is 0 Å². The molecule has 2 saturated heterocycles. The summed E-state index contributed by atoms with van der Waals surface area (Å²) in [5.74, 6) is 1.57. The van der Waals surface area contributed by atoms with Gasteiger partial charge in [0.25, 0.3) is 0 Å². The first-order chi connectivity index (χ1) is 18.1. The Morgan fingerprint density at radius 1 is 1.16 bits per heavy atom. The van der Waals surface area contributed by atoms with Crippen LogP contribution < -0.4 is 4.90 Å². The number of H-pyrrole nitrogens is 1. The summed E-state index contributed by atoms with van der Waals surface area (Å²) in [7, 11) is 0. The van der Waals surface area contributed by atoms with E-state index in [0.717, 1.165) is 48.9 Å². The molecule has 4 heterocycles. The van der Waals surface area contributed by atoms with E-state index in [-0.39, 0.29) is 18.5 Å². The Morgan fingerprint density at radius 3 is 2.81 bits per heavy atom. The quantitative estimate of drug-likeness (QED) is 0.335. The van der Waals surface area contributed by atoms with E-state index in [2.05, 4.69) is 19.8 Å². The maximum Gasteiger partial charge on any atom is 0.130 e. The predicted octanol–water partition coefficient (Wildman–Crippen LogP) is 2.79. The first-order valence-corrected chi connectivity index (χ1v) is 12.6. The number of morpholine rings is 1. The number of rotatable bonds is 7. The van der Waals surface area contributed by atoms with Gasteiger partial charge in [0.05, 0.1) is 43.4 Å². The third-order valence-corrected chi connectivity index (χ3v) is 6.79. The van der Waals surface area contributed by atoms with E-state index < -0.39 is 0 Å². The fourth-order valence-electron chi connectivity index (χ4n) is 4.78. The monoisotopic (exact) mass is 505 g/mol. The summed E-state index contributed by atoms with van der Waals surface area (Å²) in [6, 6.07) is 12.2. The number of aromatic nitrogens is 3. The van der Waals surface area contributed by atoms with Crippen LogP contribution in [0.15, 0.2) is 54.7 Å². The van der Waals surface area contributed by atoms with Gasteiger partial charge in [-0.05, 0) is 42.0 Å². The third kappa shape index (κ3) is 6.04. The van der Waals surface area contributed by atoms with Crippen molar-refractivity contribution in [3.8, 4) is 11.4 Å². The number of imidazole rings is 1. The molecule has 194 valence electrons. The summed E-state index contributed by atoms with van der Waals surface area (Å²) in [5.41, 5.74) is 2.40. The molecule has 0 radical (unpaired) electrons. The molecular weight excluding hydrogens is 473 g/mol. The standard InChI is InChI=1S/C27H32FN7O2/c28-21-4-1-3-20(17-21)24-19-37-16-14-35(24)25(29)7-8-26-30-18-23(31-26)22-5-2-6-27(32-22)34-11-9-33(10-12-34)13-15-36/h1-8,17-18,24,29,36H,9-16,19H2,(H,30,31)/b8-7-,29-25?. The van der Waals surface area contributed by atoms with E-state index in [4.69, 9.17) is 20.2 Å². The van der Waals surface area contributed by atoms with Crippen LogP contribution in [0.25, 0.3) is 17.5 Å². The molecule has 1 aromatic carbocycles. The summed E-state index contributed by atoms with van der Waals surface area (Å²) in [6.45, 7) is 5.92. The first-order valence-electron chi connectivity index (χ1n) is 12.6. The predicted molar refractivity (Wildman–Crippen MR) is 141 cm³/mol. The molecule has 9 nitrogen and oxygen atoms in total.